The average Bonchev–Trinajstić information content (AvgIpc) is 2.15. The normalized spacial score (nSPS) is 9.86. The summed E-state index contributed by atoms with van der Waals surface area (Å²) in [5, 5.41) is 8.57. The van der Waals surface area contributed by atoms with Crippen LogP contribution in [0.2, 0.25) is 0 Å². The second-order valence-electron chi connectivity index (χ2n) is 2.80. The molecule has 0 radical (unpaired) electrons. The molecule has 0 aliphatic rings. The number of halogens is 1. The van der Waals surface area contributed by atoms with E-state index in [1.807, 2.05) is 6.92 Å². The molecule has 0 unspecified atom stereocenters. The fraction of sp³-hybridized carbons (Fsp3) is 0.300. The van der Waals surface area contributed by atoms with Crippen LogP contribution in [0.15, 0.2) is 18.2 Å². The molecular formula is C10H11FO3. The third-order valence-corrected chi connectivity index (χ3v) is 1.64. The van der Waals surface area contributed by atoms with Crippen molar-refractivity contribution in [1.29, 1.82) is 0 Å². The van der Waals surface area contributed by atoms with Crippen molar-refractivity contribution in [2.75, 3.05) is 6.61 Å². The van der Waals surface area contributed by atoms with Crippen LogP contribution in [0.5, 0.6) is 5.75 Å². The summed E-state index contributed by atoms with van der Waals surface area (Å²) >= 11 is 0. The van der Waals surface area contributed by atoms with Crippen LogP contribution in [0.1, 0.15) is 23.7 Å². The largest absolute Gasteiger partial charge is 0.491 e. The van der Waals surface area contributed by atoms with Crippen molar-refractivity contribution in [3.63, 3.8) is 0 Å². The summed E-state index contributed by atoms with van der Waals surface area (Å²) in [5.41, 5.74) is -0.0775. The number of carboxylic acids is 1. The van der Waals surface area contributed by atoms with E-state index >= 15 is 0 Å². The number of hydrogen-bond acceptors (Lipinski definition) is 2. The van der Waals surface area contributed by atoms with Crippen LogP contribution in [0.25, 0.3) is 0 Å². The Morgan fingerprint density at radius 1 is 1.57 bits per heavy atom. The van der Waals surface area contributed by atoms with Crippen LogP contribution in [0.4, 0.5) is 4.39 Å². The molecule has 0 fully saturated rings. The zero-order chi connectivity index (χ0) is 10.6. The van der Waals surface area contributed by atoms with Crippen molar-refractivity contribution < 1.29 is 19.0 Å². The number of rotatable bonds is 4. The lowest BCUT2D eigenvalue weighted by atomic mass is 10.2. The molecule has 0 aromatic heterocycles. The molecule has 0 spiro atoms. The first-order chi connectivity index (χ1) is 6.65. The first kappa shape index (κ1) is 10.5. The molecule has 76 valence electrons. The van der Waals surface area contributed by atoms with Crippen LogP contribution in [0.3, 0.4) is 0 Å². The van der Waals surface area contributed by atoms with Gasteiger partial charge in [-0.15, -0.1) is 0 Å². The summed E-state index contributed by atoms with van der Waals surface area (Å²) in [5.74, 6) is -1.69. The molecule has 0 atom stereocenters. The van der Waals surface area contributed by atoms with Crippen molar-refractivity contribution >= 4 is 5.97 Å². The van der Waals surface area contributed by atoms with Gasteiger partial charge in [0.1, 0.15) is 0 Å². The van der Waals surface area contributed by atoms with Gasteiger partial charge in [0.05, 0.1) is 12.2 Å². The van der Waals surface area contributed by atoms with E-state index in [2.05, 4.69) is 0 Å². The molecule has 0 saturated carbocycles. The second kappa shape index (κ2) is 4.60. The van der Waals surface area contributed by atoms with E-state index < -0.39 is 11.8 Å². The number of benzene rings is 1. The topological polar surface area (TPSA) is 46.5 Å². The predicted octanol–water partition coefficient (Wildman–Crippen LogP) is 2.31. The lowest BCUT2D eigenvalue weighted by Crippen LogP contribution is -2.01. The fourth-order valence-corrected chi connectivity index (χ4v) is 0.963. The molecule has 0 aliphatic carbocycles. The SMILES string of the molecule is CCCOc1ccc(C(=O)O)cc1F. The van der Waals surface area contributed by atoms with E-state index in [1.54, 1.807) is 0 Å². The molecule has 1 rings (SSSR count). The molecule has 0 saturated heterocycles. The van der Waals surface area contributed by atoms with Gasteiger partial charge < -0.3 is 9.84 Å². The molecule has 3 nitrogen and oxygen atoms in total. The Labute approximate surface area is 81.1 Å². The van der Waals surface area contributed by atoms with Crippen molar-refractivity contribution in [1.82, 2.24) is 0 Å². The van der Waals surface area contributed by atoms with Gasteiger partial charge in [-0.2, -0.15) is 0 Å². The maximum atomic E-state index is 13.1. The molecule has 14 heavy (non-hydrogen) atoms. The van der Waals surface area contributed by atoms with E-state index in [-0.39, 0.29) is 11.3 Å². The van der Waals surface area contributed by atoms with Crippen LogP contribution in [-0.2, 0) is 0 Å². The molecule has 1 N–H and O–H groups in total. The summed E-state index contributed by atoms with van der Waals surface area (Å²) in [6.07, 6.45) is 0.778. The quantitative estimate of drug-likeness (QED) is 0.807. The molecule has 1 aromatic rings. The molecule has 0 aliphatic heterocycles. The average molecular weight is 198 g/mol. The zero-order valence-electron chi connectivity index (χ0n) is 7.79. The Bertz CT molecular complexity index is 336. The van der Waals surface area contributed by atoms with E-state index in [0.717, 1.165) is 12.5 Å². The Kier molecular flexibility index (Phi) is 3.45. The highest BCUT2D eigenvalue weighted by Crippen LogP contribution is 2.18. The lowest BCUT2D eigenvalue weighted by Gasteiger charge is -2.05. The lowest BCUT2D eigenvalue weighted by molar-refractivity contribution is 0.0696. The van der Waals surface area contributed by atoms with Crippen molar-refractivity contribution in [3.8, 4) is 5.75 Å². The van der Waals surface area contributed by atoms with Gasteiger partial charge in [0.15, 0.2) is 11.6 Å². The predicted molar refractivity (Wildman–Crippen MR) is 49.1 cm³/mol. The summed E-state index contributed by atoms with van der Waals surface area (Å²) in [6.45, 7) is 2.33. The summed E-state index contributed by atoms with van der Waals surface area (Å²) < 4.78 is 18.2. The van der Waals surface area contributed by atoms with E-state index in [0.29, 0.717) is 6.61 Å². The van der Waals surface area contributed by atoms with Crippen LogP contribution in [0, 0.1) is 5.82 Å². The van der Waals surface area contributed by atoms with Gasteiger partial charge in [0.2, 0.25) is 0 Å². The monoisotopic (exact) mass is 198 g/mol. The van der Waals surface area contributed by atoms with Gasteiger partial charge >= 0.3 is 5.97 Å². The van der Waals surface area contributed by atoms with Gasteiger partial charge in [-0.05, 0) is 24.6 Å². The maximum Gasteiger partial charge on any atom is 0.335 e. The number of carboxylic acid groups (broad SMARTS) is 1. The van der Waals surface area contributed by atoms with Gasteiger partial charge in [0.25, 0.3) is 0 Å². The van der Waals surface area contributed by atoms with E-state index in [1.165, 1.54) is 12.1 Å². The molecule has 4 heteroatoms. The minimum absolute atomic E-state index is 0.0775. The Balaban J connectivity index is 2.84. The highest BCUT2D eigenvalue weighted by atomic mass is 19.1. The Morgan fingerprint density at radius 2 is 2.29 bits per heavy atom. The first-order valence-electron chi connectivity index (χ1n) is 4.30. The standard InChI is InChI=1S/C10H11FO3/c1-2-5-14-9-4-3-7(10(12)13)6-8(9)11/h3-4,6H,2,5H2,1H3,(H,12,13). The molecule has 0 bridgehead atoms. The van der Waals surface area contributed by atoms with Crippen LogP contribution < -0.4 is 4.74 Å². The van der Waals surface area contributed by atoms with E-state index in [9.17, 15) is 9.18 Å². The smallest absolute Gasteiger partial charge is 0.335 e. The number of hydrogen-bond donors (Lipinski definition) is 1. The minimum Gasteiger partial charge on any atom is -0.491 e. The molecular weight excluding hydrogens is 187 g/mol. The summed E-state index contributed by atoms with van der Waals surface area (Å²) in [6, 6.07) is 3.60. The third-order valence-electron chi connectivity index (χ3n) is 1.64. The van der Waals surface area contributed by atoms with Gasteiger partial charge in [0, 0.05) is 0 Å². The van der Waals surface area contributed by atoms with Crippen molar-refractivity contribution in [3.05, 3.63) is 29.6 Å². The third kappa shape index (κ3) is 2.45. The Hall–Kier alpha value is -1.58. The summed E-state index contributed by atoms with van der Waals surface area (Å²) in [4.78, 5) is 10.5. The van der Waals surface area contributed by atoms with Gasteiger partial charge in [-0.3, -0.25) is 0 Å². The number of aromatic carboxylic acids is 1. The minimum atomic E-state index is -1.15. The molecule has 0 amide bonds. The summed E-state index contributed by atoms with van der Waals surface area (Å²) in [7, 11) is 0. The van der Waals surface area contributed by atoms with E-state index in [4.69, 9.17) is 9.84 Å². The highest BCUT2D eigenvalue weighted by Gasteiger charge is 2.08. The molecule has 1 aromatic carbocycles. The highest BCUT2D eigenvalue weighted by molar-refractivity contribution is 5.87. The van der Waals surface area contributed by atoms with Crippen LogP contribution in [-0.4, -0.2) is 17.7 Å². The van der Waals surface area contributed by atoms with Crippen LogP contribution >= 0.6 is 0 Å². The number of ether oxygens (including phenoxy) is 1. The first-order valence-corrected chi connectivity index (χ1v) is 4.30. The zero-order valence-corrected chi connectivity index (χ0v) is 7.79. The number of carbonyl (C=O) groups is 1. The Morgan fingerprint density at radius 3 is 2.79 bits per heavy atom. The fourth-order valence-electron chi connectivity index (χ4n) is 0.963. The maximum absolute atomic E-state index is 13.1. The van der Waals surface area contributed by atoms with Gasteiger partial charge in [-0.1, -0.05) is 6.92 Å². The van der Waals surface area contributed by atoms with Gasteiger partial charge in [-0.25, -0.2) is 9.18 Å². The second-order valence-corrected chi connectivity index (χ2v) is 2.80. The van der Waals surface area contributed by atoms with Crippen molar-refractivity contribution in [2.24, 2.45) is 0 Å². The van der Waals surface area contributed by atoms with Crippen molar-refractivity contribution in [2.45, 2.75) is 13.3 Å². The molecule has 0 heterocycles.